The van der Waals surface area contributed by atoms with Gasteiger partial charge in [0, 0.05) is 4.91 Å². The number of rotatable bonds is 5. The van der Waals surface area contributed by atoms with Crippen molar-refractivity contribution in [2.45, 2.75) is 6.54 Å². The molecule has 0 aliphatic rings. The van der Waals surface area contributed by atoms with E-state index in [0.29, 0.717) is 4.68 Å². The normalized spacial score (nSPS) is 10.0. The van der Waals surface area contributed by atoms with E-state index < -0.39 is 27.2 Å². The maximum Gasteiger partial charge on any atom is 0.430 e. The number of aromatic nitrogens is 6. The largest absolute Gasteiger partial charge is 0.430 e. The molecule has 20 heavy (non-hydrogen) atoms. The predicted octanol–water partition coefficient (Wildman–Crippen LogP) is -0.168. The predicted molar refractivity (Wildman–Crippen MR) is 56.6 cm³/mol. The summed E-state index contributed by atoms with van der Waals surface area (Å²) in [6, 6.07) is 0. The highest BCUT2D eigenvalue weighted by molar-refractivity contribution is 5.64. The van der Waals surface area contributed by atoms with E-state index in [4.69, 9.17) is 5.53 Å². The first kappa shape index (κ1) is 12.8. The van der Waals surface area contributed by atoms with E-state index in [2.05, 4.69) is 35.7 Å². The maximum absolute atomic E-state index is 10.9. The van der Waals surface area contributed by atoms with E-state index >= 15 is 0 Å². The number of hydrogen-bond acceptors (Lipinski definition) is 9. The summed E-state index contributed by atoms with van der Waals surface area (Å²) in [6.07, 6.45) is 0. The van der Waals surface area contributed by atoms with E-state index in [0.717, 1.165) is 0 Å². The van der Waals surface area contributed by atoms with E-state index in [1.165, 1.54) is 0 Å². The molecule has 2 heterocycles. The summed E-state index contributed by atoms with van der Waals surface area (Å²) in [4.78, 5) is 22.0. The van der Waals surface area contributed by atoms with Crippen molar-refractivity contribution in [1.82, 2.24) is 30.4 Å². The fourth-order valence-electron chi connectivity index (χ4n) is 1.34. The van der Waals surface area contributed by atoms with E-state index in [1.54, 1.807) is 0 Å². The molecular formula is C5H2N11O4-. The molecule has 15 nitrogen and oxygen atoms in total. The van der Waals surface area contributed by atoms with Gasteiger partial charge in [0.05, 0.1) is 5.82 Å². The summed E-state index contributed by atoms with van der Waals surface area (Å²) < 4.78 is 0.626. The molecule has 0 fully saturated rings. The third kappa shape index (κ3) is 2.18. The number of hydrogen-bond donors (Lipinski definition) is 0. The minimum absolute atomic E-state index is 0.0435. The van der Waals surface area contributed by atoms with Crippen LogP contribution in [0.4, 0.5) is 17.3 Å². The van der Waals surface area contributed by atoms with Gasteiger partial charge in [-0.1, -0.05) is 0 Å². The fraction of sp³-hybridized carbons (Fsp3) is 0.200. The van der Waals surface area contributed by atoms with Crippen LogP contribution < -0.4 is 5.10 Å². The summed E-state index contributed by atoms with van der Waals surface area (Å²) in [5.41, 5.74) is 7.53. The lowest BCUT2D eigenvalue weighted by molar-refractivity contribution is -0.393. The zero-order chi connectivity index (χ0) is 14.7. The topological polar surface area (TPSA) is 206 Å². The van der Waals surface area contributed by atoms with Crippen molar-refractivity contribution >= 4 is 17.3 Å². The molecule has 0 aliphatic carbocycles. The van der Waals surface area contributed by atoms with Gasteiger partial charge in [-0.15, -0.1) is 0 Å². The van der Waals surface area contributed by atoms with Gasteiger partial charge in [-0.25, -0.2) is 0 Å². The molecule has 0 unspecified atom stereocenters. The molecule has 102 valence electrons. The second kappa shape index (κ2) is 4.94. The lowest BCUT2D eigenvalue weighted by atomic mass is 10.5. The summed E-state index contributed by atoms with van der Waals surface area (Å²) in [6.45, 7) is -0.384. The van der Waals surface area contributed by atoms with E-state index in [9.17, 15) is 20.2 Å². The van der Waals surface area contributed by atoms with Crippen molar-refractivity contribution in [3.05, 3.63) is 36.5 Å². The summed E-state index contributed by atoms with van der Waals surface area (Å²) >= 11 is 0. The first-order valence-electron chi connectivity index (χ1n) is 4.67. The second-order valence-corrected chi connectivity index (χ2v) is 3.15. The van der Waals surface area contributed by atoms with Crippen molar-refractivity contribution in [3.8, 4) is 0 Å². The van der Waals surface area contributed by atoms with Crippen LogP contribution in [0.25, 0.3) is 10.4 Å². The highest BCUT2D eigenvalue weighted by Crippen LogP contribution is 2.36. The Morgan fingerprint density at radius 3 is 2.65 bits per heavy atom. The summed E-state index contributed by atoms with van der Waals surface area (Å²) in [7, 11) is 0. The molecule has 0 spiro atoms. The zero-order valence-electron chi connectivity index (χ0n) is 9.26. The highest BCUT2D eigenvalue weighted by atomic mass is 16.6. The molecule has 0 atom stereocenters. The quantitative estimate of drug-likeness (QED) is 0.233. The molecule has 0 bridgehead atoms. The Bertz CT molecular complexity index is 710. The minimum Gasteiger partial charge on any atom is -0.358 e. The van der Waals surface area contributed by atoms with Gasteiger partial charge in [0.1, 0.15) is 5.10 Å². The van der Waals surface area contributed by atoms with Crippen molar-refractivity contribution in [2.24, 2.45) is 5.11 Å². The van der Waals surface area contributed by atoms with Gasteiger partial charge < -0.3 is 25.3 Å². The number of azide groups is 1. The molecule has 15 heteroatoms. The second-order valence-electron chi connectivity index (χ2n) is 3.15. The highest BCUT2D eigenvalue weighted by Gasteiger charge is 2.36. The number of tetrazole rings is 1. The zero-order valence-corrected chi connectivity index (χ0v) is 9.26. The molecule has 0 aromatic carbocycles. The van der Waals surface area contributed by atoms with Crippen molar-refractivity contribution in [2.75, 3.05) is 0 Å². The Hall–Kier alpha value is -3.61. The Morgan fingerprint density at radius 1 is 1.40 bits per heavy atom. The van der Waals surface area contributed by atoms with Crippen LogP contribution in [-0.4, -0.2) is 35.2 Å². The standard InChI is InChI=1S/C5H2N11O4/c6-11-9-3-4(15(17)18)10-14(5(3)16(19)20)1-2-7-12-13-8-2/h1H2/q-1. The van der Waals surface area contributed by atoms with Gasteiger partial charge in [0.2, 0.25) is 5.69 Å². The van der Waals surface area contributed by atoms with E-state index in [1.807, 2.05) is 0 Å². The van der Waals surface area contributed by atoms with Crippen LogP contribution in [-0.2, 0) is 6.54 Å². The van der Waals surface area contributed by atoms with Gasteiger partial charge in [-0.05, 0) is 25.2 Å². The van der Waals surface area contributed by atoms with Gasteiger partial charge in [-0.3, -0.25) is 10.3 Å². The number of nitrogens with zero attached hydrogens (tertiary/aromatic N) is 11. The molecule has 0 amide bonds. The van der Waals surface area contributed by atoms with Crippen LogP contribution in [0.1, 0.15) is 5.82 Å². The molecule has 0 saturated carbocycles. The molecule has 2 rings (SSSR count). The Labute approximate surface area is 107 Å². The SMILES string of the molecule is [N-]=[N+]=Nc1c([N+](=O)[O-])nn(Cc2nnn[n-]2)c1[N+](=O)[O-]. The van der Waals surface area contributed by atoms with Gasteiger partial charge in [0.15, 0.2) is 6.54 Å². The van der Waals surface area contributed by atoms with Crippen molar-refractivity contribution in [3.63, 3.8) is 0 Å². The number of nitro groups is 2. The lowest BCUT2D eigenvalue weighted by Crippen LogP contribution is -2.08. The van der Waals surface area contributed by atoms with Gasteiger partial charge >= 0.3 is 11.6 Å². The first-order chi connectivity index (χ1) is 9.54. The van der Waals surface area contributed by atoms with Crippen LogP contribution in [0.15, 0.2) is 5.11 Å². The average molecular weight is 280 g/mol. The molecule has 0 radical (unpaired) electrons. The van der Waals surface area contributed by atoms with Crippen LogP contribution >= 0.6 is 0 Å². The average Bonchev–Trinajstić information content (AvgIpc) is 2.98. The van der Waals surface area contributed by atoms with Crippen molar-refractivity contribution < 1.29 is 9.85 Å². The third-order valence-corrected chi connectivity index (χ3v) is 2.03. The Morgan fingerprint density at radius 2 is 2.15 bits per heavy atom. The van der Waals surface area contributed by atoms with Gasteiger partial charge in [0.25, 0.3) is 0 Å². The van der Waals surface area contributed by atoms with Crippen LogP contribution in [0.3, 0.4) is 0 Å². The van der Waals surface area contributed by atoms with Gasteiger partial charge in [-0.2, -0.15) is 5.21 Å². The summed E-state index contributed by atoms with van der Waals surface area (Å²) in [5.74, 6) is -1.83. The van der Waals surface area contributed by atoms with Crippen LogP contribution in [0.2, 0.25) is 0 Å². The first-order valence-corrected chi connectivity index (χ1v) is 4.67. The third-order valence-electron chi connectivity index (χ3n) is 2.03. The molecular weight excluding hydrogens is 278 g/mol. The monoisotopic (exact) mass is 280 g/mol. The maximum atomic E-state index is 10.9. The minimum atomic E-state index is -1.00. The fourth-order valence-corrected chi connectivity index (χ4v) is 1.34. The Kier molecular flexibility index (Phi) is 3.17. The summed E-state index contributed by atoms with van der Waals surface area (Å²) in [5, 5.41) is 41.2. The molecule has 2 aromatic heterocycles. The smallest absolute Gasteiger partial charge is 0.358 e. The van der Waals surface area contributed by atoms with E-state index in [-0.39, 0.29) is 12.4 Å². The van der Waals surface area contributed by atoms with Crippen LogP contribution in [0, 0.1) is 20.2 Å². The Balaban J connectivity index is 2.61. The lowest BCUT2D eigenvalue weighted by Gasteiger charge is -1.95. The molecule has 0 saturated heterocycles. The molecule has 0 N–H and O–H groups in total. The van der Waals surface area contributed by atoms with Crippen LogP contribution in [0.5, 0.6) is 0 Å². The molecule has 0 aliphatic heterocycles. The van der Waals surface area contributed by atoms with Crippen molar-refractivity contribution in [1.29, 1.82) is 0 Å². The molecule has 2 aromatic rings.